The van der Waals surface area contributed by atoms with Crippen molar-refractivity contribution in [3.63, 3.8) is 0 Å². The fourth-order valence-corrected chi connectivity index (χ4v) is 3.36. The van der Waals surface area contributed by atoms with Gasteiger partial charge in [0.1, 0.15) is 11.4 Å². The lowest BCUT2D eigenvalue weighted by Crippen LogP contribution is -2.27. The summed E-state index contributed by atoms with van der Waals surface area (Å²) in [6.45, 7) is 1.89. The fraction of sp³-hybridized carbons (Fsp3) is 0.333. The monoisotopic (exact) mass is 325 g/mol. The van der Waals surface area contributed by atoms with E-state index in [1.54, 1.807) is 4.57 Å². The summed E-state index contributed by atoms with van der Waals surface area (Å²) in [5, 5.41) is 19.1. The Labute approximate surface area is 129 Å². The van der Waals surface area contributed by atoms with Crippen LogP contribution in [0.2, 0.25) is 5.02 Å². The summed E-state index contributed by atoms with van der Waals surface area (Å²) in [5.41, 5.74) is -0.739. The van der Waals surface area contributed by atoms with Crippen LogP contribution in [0.5, 0.6) is 0 Å². The van der Waals surface area contributed by atoms with E-state index in [9.17, 15) is 24.2 Å². The van der Waals surface area contributed by atoms with E-state index in [1.165, 1.54) is 6.20 Å². The van der Waals surface area contributed by atoms with Crippen LogP contribution in [0.3, 0.4) is 0 Å². The fourth-order valence-electron chi connectivity index (χ4n) is 3.09. The highest BCUT2D eigenvalue weighted by Gasteiger charge is 2.31. The molecule has 2 atom stereocenters. The van der Waals surface area contributed by atoms with E-state index in [4.69, 9.17) is 11.6 Å². The number of aliphatic hydroxyl groups is 1. The van der Waals surface area contributed by atoms with E-state index in [0.717, 1.165) is 6.07 Å². The van der Waals surface area contributed by atoms with E-state index >= 15 is 0 Å². The molecule has 3 rings (SSSR count). The average molecular weight is 326 g/mol. The van der Waals surface area contributed by atoms with Crippen molar-refractivity contribution < 1.29 is 19.4 Å². The third-order valence-corrected chi connectivity index (χ3v) is 4.55. The lowest BCUT2D eigenvalue weighted by atomic mass is 9.91. The summed E-state index contributed by atoms with van der Waals surface area (Å²) in [5.74, 6) is -2.21. The molecule has 7 heteroatoms. The number of carboxylic acid groups (broad SMARTS) is 1. The van der Waals surface area contributed by atoms with Crippen molar-refractivity contribution in [2.24, 2.45) is 0 Å². The van der Waals surface area contributed by atoms with Crippen molar-refractivity contribution in [2.45, 2.75) is 31.9 Å². The number of rotatable bonds is 2. The van der Waals surface area contributed by atoms with E-state index in [0.29, 0.717) is 11.9 Å². The van der Waals surface area contributed by atoms with Crippen molar-refractivity contribution in [1.82, 2.24) is 4.57 Å². The average Bonchev–Trinajstić information content (AvgIpc) is 2.47. The Bertz CT molecular complexity index is 861. The molecular weight excluding hydrogens is 313 g/mol. The van der Waals surface area contributed by atoms with Crippen LogP contribution < -0.4 is 5.43 Å². The minimum absolute atomic E-state index is 0.0750. The zero-order valence-corrected chi connectivity index (χ0v) is 12.4. The molecule has 0 aliphatic carbocycles. The Kier molecular flexibility index (Phi) is 3.45. The van der Waals surface area contributed by atoms with Crippen LogP contribution in [0.15, 0.2) is 17.1 Å². The van der Waals surface area contributed by atoms with Crippen LogP contribution in [-0.4, -0.2) is 20.7 Å². The molecule has 2 unspecified atom stereocenters. The molecule has 1 aromatic carbocycles. The van der Waals surface area contributed by atoms with Gasteiger partial charge in [-0.05, 0) is 18.9 Å². The molecule has 116 valence electrons. The zero-order chi connectivity index (χ0) is 16.2. The molecule has 0 fully saturated rings. The number of nitrogens with zero attached hydrogens (tertiary/aromatic N) is 1. The van der Waals surface area contributed by atoms with Crippen LogP contribution in [0, 0.1) is 5.82 Å². The quantitative estimate of drug-likeness (QED) is 0.889. The van der Waals surface area contributed by atoms with Gasteiger partial charge in [0.15, 0.2) is 0 Å². The Hall–Kier alpha value is -1.92. The highest BCUT2D eigenvalue weighted by molar-refractivity contribution is 6.32. The first-order valence-electron chi connectivity index (χ1n) is 6.84. The standard InChI is InChI=1S/C15H13ClFNO4/c1-2-6-3-10(19)11-12(16)9(17)4-7-13(11)18(6)5-8(14(7)20)15(21)22/h4-6,10,19H,2-3H2,1H3,(H,21,22). The van der Waals surface area contributed by atoms with E-state index in [-0.39, 0.29) is 28.4 Å². The van der Waals surface area contributed by atoms with Gasteiger partial charge >= 0.3 is 5.97 Å². The molecule has 2 aromatic rings. The maximum Gasteiger partial charge on any atom is 0.341 e. The SMILES string of the molecule is CCC1CC(O)c2c(Cl)c(F)cc3c(=O)c(C(=O)O)cn1c23. The second kappa shape index (κ2) is 5.07. The second-order valence-corrected chi connectivity index (χ2v) is 5.76. The highest BCUT2D eigenvalue weighted by Crippen LogP contribution is 2.42. The summed E-state index contributed by atoms with van der Waals surface area (Å²) in [6, 6.07) is 0.752. The molecule has 0 bridgehead atoms. The molecule has 1 aliphatic heterocycles. The van der Waals surface area contributed by atoms with Gasteiger partial charge in [0.05, 0.1) is 16.6 Å². The summed E-state index contributed by atoms with van der Waals surface area (Å²) in [4.78, 5) is 23.6. The largest absolute Gasteiger partial charge is 0.477 e. The number of carbonyl (C=O) groups is 1. The molecular formula is C15H13ClFNO4. The lowest BCUT2D eigenvalue weighted by molar-refractivity contribution is 0.0694. The van der Waals surface area contributed by atoms with Gasteiger partial charge in [0, 0.05) is 23.2 Å². The Balaban J connectivity index is 2.56. The van der Waals surface area contributed by atoms with Crippen LogP contribution >= 0.6 is 11.6 Å². The molecule has 1 aromatic heterocycles. The van der Waals surface area contributed by atoms with Gasteiger partial charge in [0.25, 0.3) is 0 Å². The van der Waals surface area contributed by atoms with Gasteiger partial charge in [-0.2, -0.15) is 0 Å². The van der Waals surface area contributed by atoms with E-state index in [2.05, 4.69) is 0 Å². The number of halogens is 2. The Morgan fingerprint density at radius 3 is 2.82 bits per heavy atom. The Morgan fingerprint density at radius 1 is 1.55 bits per heavy atom. The molecule has 2 heterocycles. The third-order valence-electron chi connectivity index (χ3n) is 4.17. The number of aromatic nitrogens is 1. The molecule has 0 saturated carbocycles. The first kappa shape index (κ1) is 15.0. The number of hydrogen-bond acceptors (Lipinski definition) is 3. The highest BCUT2D eigenvalue weighted by atomic mass is 35.5. The molecule has 0 radical (unpaired) electrons. The van der Waals surface area contributed by atoms with Crippen LogP contribution in [-0.2, 0) is 0 Å². The van der Waals surface area contributed by atoms with Crippen molar-refractivity contribution in [3.05, 3.63) is 44.5 Å². The van der Waals surface area contributed by atoms with Gasteiger partial charge in [0.2, 0.25) is 5.43 Å². The number of hydrogen-bond donors (Lipinski definition) is 2. The van der Waals surface area contributed by atoms with Gasteiger partial charge in [-0.3, -0.25) is 4.79 Å². The topological polar surface area (TPSA) is 79.5 Å². The number of benzene rings is 1. The van der Waals surface area contributed by atoms with Crippen molar-refractivity contribution in [3.8, 4) is 0 Å². The number of aliphatic hydroxyl groups excluding tert-OH is 1. The van der Waals surface area contributed by atoms with E-state index in [1.807, 2.05) is 6.92 Å². The van der Waals surface area contributed by atoms with Crippen molar-refractivity contribution in [2.75, 3.05) is 0 Å². The maximum atomic E-state index is 14.0. The first-order chi connectivity index (χ1) is 10.4. The lowest BCUT2D eigenvalue weighted by Gasteiger charge is -2.32. The van der Waals surface area contributed by atoms with Crippen LogP contribution in [0.4, 0.5) is 4.39 Å². The second-order valence-electron chi connectivity index (χ2n) is 5.38. The van der Waals surface area contributed by atoms with Crippen molar-refractivity contribution >= 4 is 28.5 Å². The maximum absolute atomic E-state index is 14.0. The number of carboxylic acids is 1. The number of pyridine rings is 1. The molecule has 0 amide bonds. The molecule has 0 spiro atoms. The Morgan fingerprint density at radius 2 is 2.23 bits per heavy atom. The normalized spacial score (nSPS) is 20.4. The zero-order valence-electron chi connectivity index (χ0n) is 11.6. The molecule has 5 nitrogen and oxygen atoms in total. The smallest absolute Gasteiger partial charge is 0.341 e. The van der Waals surface area contributed by atoms with Gasteiger partial charge in [-0.15, -0.1) is 0 Å². The predicted octanol–water partition coefficient (Wildman–Crippen LogP) is 2.88. The molecule has 1 aliphatic rings. The summed E-state index contributed by atoms with van der Waals surface area (Å²) in [7, 11) is 0. The summed E-state index contributed by atoms with van der Waals surface area (Å²) < 4.78 is 15.6. The molecule has 2 N–H and O–H groups in total. The number of aromatic carboxylic acids is 1. The van der Waals surface area contributed by atoms with Gasteiger partial charge in [-0.25, -0.2) is 9.18 Å². The van der Waals surface area contributed by atoms with Crippen molar-refractivity contribution in [1.29, 1.82) is 0 Å². The van der Waals surface area contributed by atoms with Crippen LogP contribution in [0.1, 0.15) is 47.8 Å². The van der Waals surface area contributed by atoms with E-state index < -0.39 is 28.9 Å². The minimum atomic E-state index is -1.37. The first-order valence-corrected chi connectivity index (χ1v) is 7.22. The molecule has 22 heavy (non-hydrogen) atoms. The van der Waals surface area contributed by atoms with Gasteiger partial charge < -0.3 is 14.8 Å². The van der Waals surface area contributed by atoms with Gasteiger partial charge in [-0.1, -0.05) is 18.5 Å². The summed E-state index contributed by atoms with van der Waals surface area (Å²) >= 11 is 5.95. The molecule has 0 saturated heterocycles. The van der Waals surface area contributed by atoms with Crippen LogP contribution in [0.25, 0.3) is 10.9 Å². The summed E-state index contributed by atoms with van der Waals surface area (Å²) in [6.07, 6.45) is 1.17. The third kappa shape index (κ3) is 1.94. The predicted molar refractivity (Wildman–Crippen MR) is 79.0 cm³/mol. The minimum Gasteiger partial charge on any atom is -0.477 e.